The average Bonchev–Trinajstić information content (AvgIpc) is 3.20. The van der Waals surface area contributed by atoms with Crippen LogP contribution in [0.2, 0.25) is 0 Å². The molecule has 0 aromatic rings. The predicted octanol–water partition coefficient (Wildman–Crippen LogP) is 1.87. The summed E-state index contributed by atoms with van der Waals surface area (Å²) in [7, 11) is 0. The Morgan fingerprint density at radius 3 is 2.60 bits per heavy atom. The Hall–Kier alpha value is -0.610. The predicted molar refractivity (Wildman–Crippen MR) is 80.5 cm³/mol. The van der Waals surface area contributed by atoms with Crippen molar-refractivity contribution < 1.29 is 9.90 Å². The first-order valence-electron chi connectivity index (χ1n) is 8.24. The third-order valence-electron chi connectivity index (χ3n) is 5.03. The van der Waals surface area contributed by atoms with Gasteiger partial charge in [-0.3, -0.25) is 9.69 Å². The van der Waals surface area contributed by atoms with Crippen molar-refractivity contribution in [1.82, 2.24) is 9.80 Å². The maximum Gasteiger partial charge on any atom is 0.222 e. The number of aliphatic hydroxyl groups is 1. The number of hydrogen-bond donors (Lipinski definition) is 1. The van der Waals surface area contributed by atoms with Crippen LogP contribution in [-0.4, -0.2) is 58.6 Å². The van der Waals surface area contributed by atoms with E-state index in [4.69, 9.17) is 0 Å². The summed E-state index contributed by atoms with van der Waals surface area (Å²) in [5.74, 6) is 0.855. The van der Waals surface area contributed by atoms with Crippen LogP contribution in [0.15, 0.2) is 0 Å². The van der Waals surface area contributed by atoms with Crippen LogP contribution >= 0.6 is 0 Å². The van der Waals surface area contributed by atoms with Crippen molar-refractivity contribution in [1.29, 1.82) is 0 Å². The van der Waals surface area contributed by atoms with Crippen LogP contribution in [-0.2, 0) is 4.79 Å². The van der Waals surface area contributed by atoms with Crippen molar-refractivity contribution >= 4 is 5.91 Å². The van der Waals surface area contributed by atoms with Crippen LogP contribution in [0.3, 0.4) is 0 Å². The third kappa shape index (κ3) is 3.95. The lowest BCUT2D eigenvalue weighted by molar-refractivity contribution is -0.129. The minimum Gasteiger partial charge on any atom is -0.390 e. The molecule has 0 aromatic carbocycles. The van der Waals surface area contributed by atoms with Gasteiger partial charge in [-0.2, -0.15) is 0 Å². The Morgan fingerprint density at radius 1 is 1.40 bits per heavy atom. The molecule has 4 nitrogen and oxygen atoms in total. The highest BCUT2D eigenvalue weighted by atomic mass is 16.3. The first-order valence-corrected chi connectivity index (χ1v) is 8.24. The Balaban J connectivity index is 1.85. The molecule has 116 valence electrons. The fourth-order valence-electron chi connectivity index (χ4n) is 3.17. The summed E-state index contributed by atoms with van der Waals surface area (Å²) in [4.78, 5) is 15.9. The number of likely N-dealkylation sites (tertiary alicyclic amines) is 1. The highest BCUT2D eigenvalue weighted by molar-refractivity contribution is 5.78. The average molecular weight is 282 g/mol. The van der Waals surface area contributed by atoms with Crippen molar-refractivity contribution in [3.05, 3.63) is 0 Å². The zero-order valence-electron chi connectivity index (χ0n) is 13.2. The molecule has 0 radical (unpaired) electrons. The standard InChI is InChI=1S/C16H30N2O2/c1-4-12(2)13(3)18(14-7-8-14)11-15(19)10-17-9-5-6-16(17)20/h12-15,19H,4-11H2,1-3H3. The Morgan fingerprint density at radius 2 is 2.10 bits per heavy atom. The largest absolute Gasteiger partial charge is 0.390 e. The molecule has 0 spiro atoms. The van der Waals surface area contributed by atoms with Crippen molar-refractivity contribution in [2.75, 3.05) is 19.6 Å². The van der Waals surface area contributed by atoms with Crippen molar-refractivity contribution in [2.45, 2.75) is 71.1 Å². The van der Waals surface area contributed by atoms with Gasteiger partial charge < -0.3 is 10.0 Å². The first kappa shape index (κ1) is 15.8. The minimum atomic E-state index is -0.413. The maximum absolute atomic E-state index is 11.6. The summed E-state index contributed by atoms with van der Waals surface area (Å²) in [5, 5.41) is 10.3. The van der Waals surface area contributed by atoms with E-state index in [1.807, 2.05) is 4.90 Å². The Labute approximate surface area is 123 Å². The molecule has 0 aromatic heterocycles. The van der Waals surface area contributed by atoms with Gasteiger partial charge in [-0.25, -0.2) is 0 Å². The molecule has 1 saturated heterocycles. The van der Waals surface area contributed by atoms with E-state index in [0.29, 0.717) is 37.5 Å². The summed E-state index contributed by atoms with van der Waals surface area (Å²) in [6.45, 7) is 8.83. The SMILES string of the molecule is CCC(C)C(C)N(CC(O)CN1CCCC1=O)C1CC1. The van der Waals surface area contributed by atoms with Crippen molar-refractivity contribution in [3.8, 4) is 0 Å². The van der Waals surface area contributed by atoms with Crippen LogP contribution in [0.25, 0.3) is 0 Å². The van der Waals surface area contributed by atoms with E-state index in [-0.39, 0.29) is 5.91 Å². The number of rotatable bonds is 8. The number of carbonyl (C=O) groups excluding carboxylic acids is 1. The molecule has 2 aliphatic rings. The molecule has 3 atom stereocenters. The van der Waals surface area contributed by atoms with E-state index in [2.05, 4.69) is 25.7 Å². The van der Waals surface area contributed by atoms with Crippen molar-refractivity contribution in [2.24, 2.45) is 5.92 Å². The fourth-order valence-corrected chi connectivity index (χ4v) is 3.17. The van der Waals surface area contributed by atoms with Gasteiger partial charge in [0.15, 0.2) is 0 Å². The van der Waals surface area contributed by atoms with Gasteiger partial charge in [0, 0.05) is 38.1 Å². The van der Waals surface area contributed by atoms with Crippen LogP contribution in [0, 0.1) is 5.92 Å². The first-order chi connectivity index (χ1) is 9.52. The van der Waals surface area contributed by atoms with Crippen LogP contribution < -0.4 is 0 Å². The summed E-state index contributed by atoms with van der Waals surface area (Å²) in [6, 6.07) is 1.17. The molecular formula is C16H30N2O2. The van der Waals surface area contributed by atoms with Gasteiger partial charge in [-0.15, -0.1) is 0 Å². The van der Waals surface area contributed by atoms with Crippen LogP contribution in [0.1, 0.15) is 52.9 Å². The van der Waals surface area contributed by atoms with Crippen LogP contribution in [0.4, 0.5) is 0 Å². The highest BCUT2D eigenvalue weighted by Gasteiger charge is 2.35. The van der Waals surface area contributed by atoms with E-state index >= 15 is 0 Å². The van der Waals surface area contributed by atoms with Gasteiger partial charge in [0.2, 0.25) is 5.91 Å². The monoisotopic (exact) mass is 282 g/mol. The minimum absolute atomic E-state index is 0.206. The fraction of sp³-hybridized carbons (Fsp3) is 0.938. The number of β-amino-alcohol motifs (C(OH)–C–C–N with tert-alkyl or cyclic N) is 1. The molecule has 2 fully saturated rings. The summed E-state index contributed by atoms with van der Waals surface area (Å²) in [6.07, 6.45) is 4.88. The lowest BCUT2D eigenvalue weighted by Gasteiger charge is -2.35. The Kier molecular flexibility index (Phi) is 5.44. The lowest BCUT2D eigenvalue weighted by atomic mass is 9.98. The molecule has 1 heterocycles. The number of amides is 1. The third-order valence-corrected chi connectivity index (χ3v) is 5.03. The maximum atomic E-state index is 11.6. The van der Waals surface area contributed by atoms with Gasteiger partial charge in [0.25, 0.3) is 0 Å². The second-order valence-corrected chi connectivity index (χ2v) is 6.65. The van der Waals surface area contributed by atoms with Gasteiger partial charge in [0.1, 0.15) is 0 Å². The highest BCUT2D eigenvalue weighted by Crippen LogP contribution is 2.31. The quantitative estimate of drug-likeness (QED) is 0.739. The van der Waals surface area contributed by atoms with E-state index in [9.17, 15) is 9.90 Å². The zero-order valence-corrected chi connectivity index (χ0v) is 13.2. The Bertz CT molecular complexity index is 330. The second-order valence-electron chi connectivity index (χ2n) is 6.65. The molecule has 4 heteroatoms. The zero-order chi connectivity index (χ0) is 14.7. The van der Waals surface area contributed by atoms with Gasteiger partial charge in [0.05, 0.1) is 6.10 Å². The number of nitrogens with zero attached hydrogens (tertiary/aromatic N) is 2. The molecule has 3 unspecified atom stereocenters. The van der Waals surface area contributed by atoms with E-state index < -0.39 is 6.10 Å². The normalized spacial score (nSPS) is 24.2. The molecule has 2 rings (SSSR count). The van der Waals surface area contributed by atoms with Gasteiger partial charge in [-0.1, -0.05) is 20.3 Å². The molecule has 1 saturated carbocycles. The topological polar surface area (TPSA) is 43.8 Å². The molecule has 20 heavy (non-hydrogen) atoms. The summed E-state index contributed by atoms with van der Waals surface area (Å²) < 4.78 is 0. The number of hydrogen-bond acceptors (Lipinski definition) is 3. The lowest BCUT2D eigenvalue weighted by Crippen LogP contribution is -2.46. The van der Waals surface area contributed by atoms with E-state index in [0.717, 1.165) is 13.0 Å². The van der Waals surface area contributed by atoms with E-state index in [1.54, 1.807) is 0 Å². The van der Waals surface area contributed by atoms with Gasteiger partial charge >= 0.3 is 0 Å². The molecule has 1 N–H and O–H groups in total. The summed E-state index contributed by atoms with van der Waals surface area (Å²) in [5.41, 5.74) is 0. The van der Waals surface area contributed by atoms with Gasteiger partial charge in [-0.05, 0) is 32.1 Å². The molecule has 0 bridgehead atoms. The molecule has 1 amide bonds. The van der Waals surface area contributed by atoms with Crippen LogP contribution in [0.5, 0.6) is 0 Å². The molecular weight excluding hydrogens is 252 g/mol. The van der Waals surface area contributed by atoms with E-state index in [1.165, 1.54) is 19.3 Å². The smallest absolute Gasteiger partial charge is 0.222 e. The molecule has 1 aliphatic heterocycles. The van der Waals surface area contributed by atoms with Crippen molar-refractivity contribution in [3.63, 3.8) is 0 Å². The number of carbonyl (C=O) groups is 1. The number of aliphatic hydroxyl groups excluding tert-OH is 1. The molecule has 1 aliphatic carbocycles. The summed E-state index contributed by atoms with van der Waals surface area (Å²) >= 11 is 0. The second kappa shape index (κ2) is 6.90.